The number of aromatic nitrogens is 2. The van der Waals surface area contributed by atoms with Gasteiger partial charge >= 0.3 is 4.87 Å². The SMILES string of the molecule is Cc1oc(-c2ccccc2)nc1CCC(O)c1ccc(Cc2sc(=O)[nH]c2O)cc1. The Balaban J connectivity index is 1.38. The molecule has 0 fully saturated rings. The molecule has 6 nitrogen and oxygen atoms in total. The average molecular weight is 423 g/mol. The molecule has 0 aliphatic carbocycles. The molecular weight excluding hydrogens is 400 g/mol. The fourth-order valence-electron chi connectivity index (χ4n) is 3.32. The van der Waals surface area contributed by atoms with Crippen molar-refractivity contribution in [1.82, 2.24) is 9.97 Å². The molecule has 2 aromatic heterocycles. The van der Waals surface area contributed by atoms with E-state index in [0.717, 1.165) is 39.5 Å². The summed E-state index contributed by atoms with van der Waals surface area (Å²) in [5.41, 5.74) is 3.55. The molecule has 4 rings (SSSR count). The van der Waals surface area contributed by atoms with Gasteiger partial charge in [-0.25, -0.2) is 4.98 Å². The molecule has 4 aromatic rings. The van der Waals surface area contributed by atoms with Crippen molar-refractivity contribution in [2.24, 2.45) is 0 Å². The van der Waals surface area contributed by atoms with Crippen LogP contribution in [0, 0.1) is 6.92 Å². The van der Waals surface area contributed by atoms with Crippen molar-refractivity contribution in [3.63, 3.8) is 0 Å². The third-order valence-corrected chi connectivity index (χ3v) is 5.87. The van der Waals surface area contributed by atoms with Gasteiger partial charge in [0.2, 0.25) is 11.8 Å². The predicted octanol–water partition coefficient (Wildman–Crippen LogP) is 4.36. The van der Waals surface area contributed by atoms with E-state index in [1.807, 2.05) is 61.5 Å². The van der Waals surface area contributed by atoms with Crippen molar-refractivity contribution in [3.8, 4) is 17.3 Å². The highest BCUT2D eigenvalue weighted by Gasteiger charge is 2.15. The molecule has 0 radical (unpaired) electrons. The second-order valence-corrected chi connectivity index (χ2v) is 8.21. The van der Waals surface area contributed by atoms with Crippen molar-refractivity contribution < 1.29 is 14.6 Å². The first kappa shape index (κ1) is 20.1. The Bertz CT molecular complexity index is 1180. The van der Waals surface area contributed by atoms with Gasteiger partial charge in [0.15, 0.2) is 0 Å². The topological polar surface area (TPSA) is 99.4 Å². The zero-order valence-electron chi connectivity index (χ0n) is 16.5. The number of hydrogen-bond donors (Lipinski definition) is 3. The maximum atomic E-state index is 11.3. The van der Waals surface area contributed by atoms with Crippen LogP contribution in [0.3, 0.4) is 0 Å². The summed E-state index contributed by atoms with van der Waals surface area (Å²) in [6.07, 6.45) is 0.982. The standard InChI is InChI=1S/C23H22N2O4S/c1-14-18(24-22(29-14)17-5-3-2-4-6-17)11-12-19(26)16-9-7-15(8-10-16)13-20-21(27)25-23(28)30-20/h2-10,19,26-27H,11-13H2,1H3,(H,25,28). The van der Waals surface area contributed by atoms with Crippen LogP contribution in [0.4, 0.5) is 0 Å². The number of H-pyrrole nitrogens is 1. The minimum atomic E-state index is -0.618. The third-order valence-electron chi connectivity index (χ3n) is 5.00. The van der Waals surface area contributed by atoms with Crippen LogP contribution in [0.2, 0.25) is 0 Å². The number of benzene rings is 2. The molecule has 1 atom stereocenters. The van der Waals surface area contributed by atoms with Crippen molar-refractivity contribution >= 4 is 11.3 Å². The Morgan fingerprint density at radius 3 is 2.53 bits per heavy atom. The normalized spacial score (nSPS) is 12.2. The molecule has 2 heterocycles. The largest absolute Gasteiger partial charge is 0.494 e. The van der Waals surface area contributed by atoms with Gasteiger partial charge in [0.1, 0.15) is 5.76 Å². The average Bonchev–Trinajstić information content (AvgIpc) is 3.28. The summed E-state index contributed by atoms with van der Waals surface area (Å²) in [7, 11) is 0. The van der Waals surface area contributed by atoms with Gasteiger partial charge < -0.3 is 14.6 Å². The van der Waals surface area contributed by atoms with Gasteiger partial charge in [-0.3, -0.25) is 9.78 Å². The van der Waals surface area contributed by atoms with Gasteiger partial charge in [-0.1, -0.05) is 53.8 Å². The van der Waals surface area contributed by atoms with E-state index in [-0.39, 0.29) is 10.8 Å². The maximum absolute atomic E-state index is 11.3. The highest BCUT2D eigenvalue weighted by molar-refractivity contribution is 7.09. The summed E-state index contributed by atoms with van der Waals surface area (Å²) >= 11 is 1.00. The van der Waals surface area contributed by atoms with Gasteiger partial charge in [-0.15, -0.1) is 0 Å². The van der Waals surface area contributed by atoms with E-state index >= 15 is 0 Å². The lowest BCUT2D eigenvalue weighted by atomic mass is 10.0. The van der Waals surface area contributed by atoms with Crippen LogP contribution in [0.15, 0.2) is 63.8 Å². The van der Waals surface area contributed by atoms with Crippen LogP contribution in [-0.2, 0) is 12.8 Å². The molecule has 7 heteroatoms. The number of aliphatic hydroxyl groups is 1. The molecule has 0 aliphatic rings. The highest BCUT2D eigenvalue weighted by atomic mass is 32.1. The Morgan fingerprint density at radius 1 is 1.13 bits per heavy atom. The van der Waals surface area contributed by atoms with Gasteiger partial charge in [-0.05, 0) is 43.0 Å². The first-order chi connectivity index (χ1) is 14.5. The van der Waals surface area contributed by atoms with Crippen molar-refractivity contribution in [3.05, 3.63) is 91.7 Å². The van der Waals surface area contributed by atoms with E-state index in [1.165, 1.54) is 0 Å². The lowest BCUT2D eigenvalue weighted by Gasteiger charge is -2.11. The summed E-state index contributed by atoms with van der Waals surface area (Å²) in [4.78, 5) is 18.6. The van der Waals surface area contributed by atoms with E-state index in [0.29, 0.717) is 30.0 Å². The number of nitrogens with zero attached hydrogens (tertiary/aromatic N) is 1. The lowest BCUT2D eigenvalue weighted by Crippen LogP contribution is -2.01. The van der Waals surface area contributed by atoms with Crippen LogP contribution in [-0.4, -0.2) is 20.2 Å². The minimum Gasteiger partial charge on any atom is -0.494 e. The second kappa shape index (κ2) is 8.69. The number of aromatic amines is 1. The Kier molecular flexibility index (Phi) is 5.83. The zero-order valence-corrected chi connectivity index (χ0v) is 17.3. The molecule has 0 aliphatic heterocycles. The Morgan fingerprint density at radius 2 is 1.87 bits per heavy atom. The number of aromatic hydroxyl groups is 1. The first-order valence-electron chi connectivity index (χ1n) is 9.69. The molecule has 0 amide bonds. The van der Waals surface area contributed by atoms with Gasteiger partial charge in [-0.2, -0.15) is 0 Å². The van der Waals surface area contributed by atoms with Crippen molar-refractivity contribution in [1.29, 1.82) is 0 Å². The minimum absolute atomic E-state index is 0.0769. The quantitative estimate of drug-likeness (QED) is 0.411. The lowest BCUT2D eigenvalue weighted by molar-refractivity contribution is 0.167. The van der Waals surface area contributed by atoms with Gasteiger partial charge in [0.25, 0.3) is 0 Å². The van der Waals surface area contributed by atoms with E-state index in [1.54, 1.807) is 0 Å². The molecule has 0 spiro atoms. The smallest absolute Gasteiger partial charge is 0.307 e. The van der Waals surface area contributed by atoms with Gasteiger partial charge in [0.05, 0.1) is 16.7 Å². The number of nitrogens with one attached hydrogen (secondary N) is 1. The molecule has 3 N–H and O–H groups in total. The van der Waals surface area contributed by atoms with Crippen LogP contribution in [0.25, 0.3) is 11.5 Å². The molecule has 0 saturated carbocycles. The summed E-state index contributed by atoms with van der Waals surface area (Å²) in [5, 5.41) is 20.3. The summed E-state index contributed by atoms with van der Waals surface area (Å²) in [6.45, 7) is 1.89. The number of hydrogen-bond acceptors (Lipinski definition) is 6. The fourth-order valence-corrected chi connectivity index (χ4v) is 4.08. The maximum Gasteiger partial charge on any atom is 0.307 e. The predicted molar refractivity (Wildman–Crippen MR) is 116 cm³/mol. The molecule has 0 bridgehead atoms. The third kappa shape index (κ3) is 4.53. The first-order valence-corrected chi connectivity index (χ1v) is 10.5. The van der Waals surface area contributed by atoms with E-state index < -0.39 is 6.10 Å². The molecular formula is C23H22N2O4S. The summed E-state index contributed by atoms with van der Waals surface area (Å²) in [6, 6.07) is 17.3. The van der Waals surface area contributed by atoms with Crippen LogP contribution >= 0.6 is 11.3 Å². The zero-order chi connectivity index (χ0) is 21.1. The monoisotopic (exact) mass is 422 g/mol. The molecule has 154 valence electrons. The van der Waals surface area contributed by atoms with E-state index in [9.17, 15) is 15.0 Å². The van der Waals surface area contributed by atoms with E-state index in [2.05, 4.69) is 9.97 Å². The fraction of sp³-hybridized carbons (Fsp3) is 0.217. The number of aryl methyl sites for hydroxylation is 2. The van der Waals surface area contributed by atoms with Crippen LogP contribution < -0.4 is 4.87 Å². The van der Waals surface area contributed by atoms with Gasteiger partial charge in [0, 0.05) is 12.0 Å². The van der Waals surface area contributed by atoms with Crippen molar-refractivity contribution in [2.75, 3.05) is 0 Å². The molecule has 0 saturated heterocycles. The molecule has 2 aromatic carbocycles. The summed E-state index contributed by atoms with van der Waals surface area (Å²) < 4.78 is 5.79. The number of thiazole rings is 1. The molecule has 1 unspecified atom stereocenters. The van der Waals surface area contributed by atoms with Crippen molar-refractivity contribution in [2.45, 2.75) is 32.3 Å². The Labute approximate surface area is 177 Å². The summed E-state index contributed by atoms with van der Waals surface area (Å²) in [5.74, 6) is 1.28. The highest BCUT2D eigenvalue weighted by Crippen LogP contribution is 2.26. The molecule has 30 heavy (non-hydrogen) atoms. The van der Waals surface area contributed by atoms with E-state index in [4.69, 9.17) is 4.42 Å². The number of oxazole rings is 1. The van der Waals surface area contributed by atoms with Crippen LogP contribution in [0.1, 0.15) is 40.0 Å². The number of aliphatic hydroxyl groups excluding tert-OH is 1. The number of rotatable bonds is 7. The Hall–Kier alpha value is -3.16. The van der Waals surface area contributed by atoms with Crippen LogP contribution in [0.5, 0.6) is 5.88 Å². The second-order valence-electron chi connectivity index (χ2n) is 7.15.